The highest BCUT2D eigenvalue weighted by molar-refractivity contribution is 7.89. The number of likely N-dealkylation sites (N-methyl/N-ethyl adjacent to an activating group) is 1. The lowest BCUT2D eigenvalue weighted by Gasteiger charge is -2.30. The number of nitrogens with two attached hydrogens (primary N) is 1. The number of ether oxygens (including phenoxy) is 1. The first-order valence-corrected chi connectivity index (χ1v) is 10.9. The Morgan fingerprint density at radius 3 is 2.72 bits per heavy atom. The Hall–Kier alpha value is -2.75. The molecule has 0 amide bonds. The minimum Gasteiger partial charge on any atom is -0.487 e. The Morgan fingerprint density at radius 1 is 1.21 bits per heavy atom. The molecule has 0 aliphatic carbocycles. The monoisotopic (exact) mass is 413 g/mol. The number of likely N-dealkylation sites (tertiary alicyclic amines) is 1. The lowest BCUT2D eigenvalue weighted by atomic mass is 10.1. The maximum atomic E-state index is 11.4. The molecule has 3 aromatic rings. The highest BCUT2D eigenvalue weighted by Gasteiger charge is 2.20. The molecule has 1 aromatic heterocycles. The molecule has 0 spiro atoms. The van der Waals surface area contributed by atoms with Crippen molar-refractivity contribution in [1.82, 2.24) is 14.9 Å². The highest BCUT2D eigenvalue weighted by atomic mass is 32.2. The fraction of sp³-hybridized carbons (Fsp3) is 0.300. The van der Waals surface area contributed by atoms with Gasteiger partial charge in [-0.25, -0.2) is 23.5 Å². The molecule has 1 aliphatic rings. The van der Waals surface area contributed by atoms with Crippen LogP contribution in [0.5, 0.6) is 5.75 Å². The average Bonchev–Trinajstić information content (AvgIpc) is 2.68. The van der Waals surface area contributed by atoms with Crippen LogP contribution >= 0.6 is 0 Å². The maximum Gasteiger partial charge on any atom is 0.238 e. The second kappa shape index (κ2) is 7.94. The van der Waals surface area contributed by atoms with Crippen LogP contribution in [0, 0.1) is 0 Å². The van der Waals surface area contributed by atoms with Gasteiger partial charge in [-0.3, -0.25) is 0 Å². The van der Waals surface area contributed by atoms with Crippen molar-refractivity contribution in [3.05, 3.63) is 48.7 Å². The van der Waals surface area contributed by atoms with Crippen molar-refractivity contribution in [2.45, 2.75) is 23.8 Å². The summed E-state index contributed by atoms with van der Waals surface area (Å²) in [6.45, 7) is 1.98. The van der Waals surface area contributed by atoms with Gasteiger partial charge in [-0.05, 0) is 56.8 Å². The fourth-order valence-corrected chi connectivity index (χ4v) is 3.95. The number of nitrogens with one attached hydrogen (secondary N) is 1. The van der Waals surface area contributed by atoms with E-state index in [1.165, 1.54) is 12.1 Å². The summed E-state index contributed by atoms with van der Waals surface area (Å²) in [5, 5.41) is 9.12. The molecule has 1 unspecified atom stereocenters. The third-order valence-corrected chi connectivity index (χ3v) is 5.82. The van der Waals surface area contributed by atoms with Gasteiger partial charge in [-0.2, -0.15) is 0 Å². The smallest absolute Gasteiger partial charge is 0.238 e. The van der Waals surface area contributed by atoms with Gasteiger partial charge in [0.1, 0.15) is 17.4 Å². The van der Waals surface area contributed by atoms with Gasteiger partial charge in [0.05, 0.1) is 4.90 Å². The van der Waals surface area contributed by atoms with E-state index in [-0.39, 0.29) is 11.0 Å². The zero-order valence-corrected chi connectivity index (χ0v) is 16.9. The summed E-state index contributed by atoms with van der Waals surface area (Å²) >= 11 is 0. The number of hydrogen-bond acceptors (Lipinski definition) is 7. The van der Waals surface area contributed by atoms with E-state index < -0.39 is 10.0 Å². The third-order valence-electron chi connectivity index (χ3n) is 4.89. The predicted octanol–water partition coefficient (Wildman–Crippen LogP) is 2.49. The number of anilines is 2. The fourth-order valence-electron chi connectivity index (χ4n) is 3.44. The molecule has 8 nitrogen and oxygen atoms in total. The predicted molar refractivity (Wildman–Crippen MR) is 112 cm³/mol. The van der Waals surface area contributed by atoms with Crippen molar-refractivity contribution in [3.63, 3.8) is 0 Å². The zero-order valence-electron chi connectivity index (χ0n) is 16.1. The molecule has 4 rings (SSSR count). The average molecular weight is 414 g/mol. The first-order valence-electron chi connectivity index (χ1n) is 9.39. The van der Waals surface area contributed by atoms with Crippen LogP contribution in [0.3, 0.4) is 0 Å². The van der Waals surface area contributed by atoms with Gasteiger partial charge in [0, 0.05) is 23.8 Å². The van der Waals surface area contributed by atoms with Crippen molar-refractivity contribution in [2.75, 3.05) is 25.5 Å². The Balaban J connectivity index is 1.58. The van der Waals surface area contributed by atoms with Crippen molar-refractivity contribution in [3.8, 4) is 5.75 Å². The van der Waals surface area contributed by atoms with Gasteiger partial charge in [0.15, 0.2) is 0 Å². The van der Waals surface area contributed by atoms with E-state index in [0.717, 1.165) is 42.6 Å². The van der Waals surface area contributed by atoms with E-state index >= 15 is 0 Å². The molecule has 1 fully saturated rings. The molecule has 1 aliphatic heterocycles. The summed E-state index contributed by atoms with van der Waals surface area (Å²) in [5.41, 5.74) is 1.39. The second-order valence-electron chi connectivity index (χ2n) is 7.23. The van der Waals surface area contributed by atoms with Crippen LogP contribution in [0.15, 0.2) is 53.6 Å². The Morgan fingerprint density at radius 2 is 2.00 bits per heavy atom. The summed E-state index contributed by atoms with van der Waals surface area (Å²) in [5.74, 6) is 1.13. The van der Waals surface area contributed by atoms with Gasteiger partial charge in [-0.15, -0.1) is 0 Å². The maximum absolute atomic E-state index is 11.4. The van der Waals surface area contributed by atoms with Crippen molar-refractivity contribution < 1.29 is 13.2 Å². The lowest BCUT2D eigenvalue weighted by molar-refractivity contribution is 0.105. The SMILES string of the molecule is CN1CCCC(Oc2cccc3cnc(Nc4ccc(S(N)(=O)=O)cc4)nc23)C1. The number of piperidine rings is 1. The molecule has 152 valence electrons. The zero-order chi connectivity index (χ0) is 20.4. The van der Waals surface area contributed by atoms with Gasteiger partial charge in [0.2, 0.25) is 16.0 Å². The molecule has 1 atom stereocenters. The van der Waals surface area contributed by atoms with E-state index in [2.05, 4.69) is 27.2 Å². The Kier molecular flexibility index (Phi) is 5.35. The van der Waals surface area contributed by atoms with Gasteiger partial charge >= 0.3 is 0 Å². The van der Waals surface area contributed by atoms with Crippen LogP contribution in [-0.4, -0.2) is 49.5 Å². The number of para-hydroxylation sites is 1. The summed E-state index contributed by atoms with van der Waals surface area (Å²) in [4.78, 5) is 11.3. The summed E-state index contributed by atoms with van der Waals surface area (Å²) < 4.78 is 29.0. The molecule has 0 saturated carbocycles. The number of rotatable bonds is 5. The van der Waals surface area contributed by atoms with Crippen LogP contribution in [0.25, 0.3) is 10.9 Å². The largest absolute Gasteiger partial charge is 0.487 e. The van der Waals surface area contributed by atoms with Gasteiger partial charge < -0.3 is 15.0 Å². The Labute approximate surface area is 169 Å². The van der Waals surface area contributed by atoms with Gasteiger partial charge in [0.25, 0.3) is 0 Å². The molecule has 9 heteroatoms. The van der Waals surface area contributed by atoms with E-state index in [4.69, 9.17) is 9.88 Å². The number of primary sulfonamides is 1. The number of benzene rings is 2. The van der Waals surface area contributed by atoms with Crippen molar-refractivity contribution in [1.29, 1.82) is 0 Å². The standard InChI is InChI=1S/C20H23N5O3S/c1-25-11-3-5-16(13-25)28-18-6-2-4-14-12-22-20(24-19(14)18)23-15-7-9-17(10-8-15)29(21,26)27/h2,4,6-10,12,16H,3,5,11,13H2,1H3,(H2,21,26,27)(H,22,23,24). The number of fused-ring (bicyclic) bond motifs is 1. The number of hydrogen-bond donors (Lipinski definition) is 2. The molecule has 2 aromatic carbocycles. The molecular formula is C20H23N5O3S. The van der Waals surface area contributed by atoms with Gasteiger partial charge in [-0.1, -0.05) is 12.1 Å². The van der Waals surface area contributed by atoms with Crippen LogP contribution in [0.4, 0.5) is 11.6 Å². The number of aromatic nitrogens is 2. The Bertz CT molecular complexity index is 1120. The highest BCUT2D eigenvalue weighted by Crippen LogP contribution is 2.27. The van der Waals surface area contributed by atoms with Crippen molar-refractivity contribution in [2.24, 2.45) is 5.14 Å². The van der Waals surface area contributed by atoms with E-state index in [9.17, 15) is 8.42 Å². The first-order chi connectivity index (χ1) is 13.9. The first kappa shape index (κ1) is 19.6. The van der Waals surface area contributed by atoms with E-state index in [1.54, 1.807) is 18.3 Å². The van der Waals surface area contributed by atoms with E-state index in [0.29, 0.717) is 11.6 Å². The second-order valence-corrected chi connectivity index (χ2v) is 8.79. The molecule has 0 bridgehead atoms. The third kappa shape index (κ3) is 4.64. The molecule has 1 saturated heterocycles. The van der Waals surface area contributed by atoms with Crippen LogP contribution in [-0.2, 0) is 10.0 Å². The molecule has 29 heavy (non-hydrogen) atoms. The topological polar surface area (TPSA) is 110 Å². The number of sulfonamides is 1. The minimum absolute atomic E-state index is 0.0515. The molecule has 3 N–H and O–H groups in total. The van der Waals surface area contributed by atoms with Crippen LogP contribution < -0.4 is 15.2 Å². The van der Waals surface area contributed by atoms with E-state index in [1.807, 2.05) is 18.2 Å². The van der Waals surface area contributed by atoms with Crippen molar-refractivity contribution >= 4 is 32.6 Å². The normalized spacial score (nSPS) is 17.9. The summed E-state index contributed by atoms with van der Waals surface area (Å²) in [6, 6.07) is 11.9. The molecule has 0 radical (unpaired) electrons. The summed E-state index contributed by atoms with van der Waals surface area (Å²) in [6.07, 6.45) is 4.01. The lowest BCUT2D eigenvalue weighted by Crippen LogP contribution is -2.38. The minimum atomic E-state index is -3.72. The molecular weight excluding hydrogens is 390 g/mol. The number of nitrogens with zero attached hydrogens (tertiary/aromatic N) is 3. The van der Waals surface area contributed by atoms with Crippen LogP contribution in [0.1, 0.15) is 12.8 Å². The molecule has 2 heterocycles. The summed E-state index contributed by atoms with van der Waals surface area (Å²) in [7, 11) is -1.62. The van der Waals surface area contributed by atoms with Crippen LogP contribution in [0.2, 0.25) is 0 Å². The quantitative estimate of drug-likeness (QED) is 0.661.